The Balaban J connectivity index is 1.86. The van der Waals surface area contributed by atoms with Crippen LogP contribution in [0, 0.1) is 0 Å². The first kappa shape index (κ1) is 16.9. The highest BCUT2D eigenvalue weighted by Gasteiger charge is 2.29. The molecule has 8 heteroatoms. The molecule has 5 nitrogen and oxygen atoms in total. The van der Waals surface area contributed by atoms with Gasteiger partial charge in [-0.05, 0) is 17.7 Å². The van der Waals surface area contributed by atoms with Crippen molar-refractivity contribution in [1.82, 2.24) is 20.0 Å². The van der Waals surface area contributed by atoms with Crippen LogP contribution in [0.3, 0.4) is 0 Å². The lowest BCUT2D eigenvalue weighted by atomic mass is 10.1. The summed E-state index contributed by atoms with van der Waals surface area (Å²) < 4.78 is 39.0. The van der Waals surface area contributed by atoms with Crippen molar-refractivity contribution < 1.29 is 18.0 Å². The highest BCUT2D eigenvalue weighted by Crippen LogP contribution is 2.29. The number of nitrogens with one attached hydrogen (secondary N) is 1. The third kappa shape index (κ3) is 4.73. The average Bonchev–Trinajstić information content (AvgIpc) is 2.89. The van der Waals surface area contributed by atoms with E-state index in [0.717, 1.165) is 17.7 Å². The first-order valence-corrected chi connectivity index (χ1v) is 6.88. The summed E-state index contributed by atoms with van der Waals surface area (Å²) in [5.74, 6) is 0. The maximum atomic E-state index is 12.5. The smallest absolute Gasteiger partial charge is 0.334 e. The zero-order valence-electron chi connectivity index (χ0n) is 12.8. The lowest BCUT2D eigenvalue weighted by molar-refractivity contribution is -0.137. The third-order valence-corrected chi connectivity index (χ3v) is 3.25. The van der Waals surface area contributed by atoms with Crippen molar-refractivity contribution in [3.05, 3.63) is 53.3 Å². The number of amides is 2. The molecule has 0 spiro atoms. The van der Waals surface area contributed by atoms with Gasteiger partial charge in [0.25, 0.3) is 0 Å². The summed E-state index contributed by atoms with van der Waals surface area (Å²) in [7, 11) is 3.42. The predicted molar refractivity (Wildman–Crippen MR) is 78.4 cm³/mol. The molecule has 1 N–H and O–H groups in total. The second kappa shape index (κ2) is 6.72. The standard InChI is InChI=1S/C15H17F3N4O/c1-21(9-12-8-20-22(2)10-12)14(23)19-7-11-3-5-13(6-4-11)15(16,17)18/h3-6,8,10H,7,9H2,1-2H3,(H,19,23). The number of carbonyl (C=O) groups excluding carboxylic acids is 1. The van der Waals surface area contributed by atoms with Crippen LogP contribution >= 0.6 is 0 Å². The lowest BCUT2D eigenvalue weighted by Gasteiger charge is -2.17. The molecule has 0 saturated heterocycles. The number of halogens is 3. The Morgan fingerprint density at radius 3 is 2.43 bits per heavy atom. The summed E-state index contributed by atoms with van der Waals surface area (Å²) in [5.41, 5.74) is 0.780. The fraction of sp³-hybridized carbons (Fsp3) is 0.333. The summed E-state index contributed by atoms with van der Waals surface area (Å²) in [6.45, 7) is 0.557. The van der Waals surface area contributed by atoms with E-state index in [1.165, 1.54) is 17.0 Å². The van der Waals surface area contributed by atoms with Crippen LogP contribution in [-0.2, 0) is 26.3 Å². The van der Waals surface area contributed by atoms with Gasteiger partial charge in [0.2, 0.25) is 0 Å². The summed E-state index contributed by atoms with van der Waals surface area (Å²) in [5, 5.41) is 6.68. The second-order valence-electron chi connectivity index (χ2n) is 5.23. The zero-order chi connectivity index (χ0) is 17.0. The Labute approximate surface area is 131 Å². The van der Waals surface area contributed by atoms with Gasteiger partial charge < -0.3 is 10.2 Å². The Morgan fingerprint density at radius 1 is 1.26 bits per heavy atom. The molecule has 0 unspecified atom stereocenters. The van der Waals surface area contributed by atoms with Crippen LogP contribution in [0.25, 0.3) is 0 Å². The Kier molecular flexibility index (Phi) is 4.92. The van der Waals surface area contributed by atoms with Gasteiger partial charge >= 0.3 is 12.2 Å². The normalized spacial score (nSPS) is 11.3. The molecule has 2 amide bonds. The highest BCUT2D eigenvalue weighted by atomic mass is 19.4. The van der Waals surface area contributed by atoms with Crippen molar-refractivity contribution in [2.45, 2.75) is 19.3 Å². The quantitative estimate of drug-likeness (QED) is 0.939. The number of urea groups is 1. The number of alkyl halides is 3. The van der Waals surface area contributed by atoms with Gasteiger partial charge in [0.15, 0.2) is 0 Å². The average molecular weight is 326 g/mol. The largest absolute Gasteiger partial charge is 0.416 e. The number of aryl methyl sites for hydroxylation is 1. The van der Waals surface area contributed by atoms with Gasteiger partial charge in [0.1, 0.15) is 0 Å². The van der Waals surface area contributed by atoms with Crippen LogP contribution in [0.4, 0.5) is 18.0 Å². The molecule has 1 aromatic carbocycles. The highest BCUT2D eigenvalue weighted by molar-refractivity contribution is 5.73. The van der Waals surface area contributed by atoms with Crippen molar-refractivity contribution in [2.75, 3.05) is 7.05 Å². The molecule has 124 valence electrons. The number of hydrogen-bond acceptors (Lipinski definition) is 2. The Bertz CT molecular complexity index is 664. The molecule has 0 aliphatic rings. The number of rotatable bonds is 4. The minimum atomic E-state index is -4.36. The fourth-order valence-corrected chi connectivity index (χ4v) is 2.02. The summed E-state index contributed by atoms with van der Waals surface area (Å²) in [6, 6.07) is 4.39. The molecule has 2 rings (SSSR count). The minimum absolute atomic E-state index is 0.161. The molecule has 1 aromatic heterocycles. The van der Waals surface area contributed by atoms with Gasteiger partial charge in [-0.15, -0.1) is 0 Å². The van der Waals surface area contributed by atoms with Crippen LogP contribution in [0.1, 0.15) is 16.7 Å². The maximum absolute atomic E-state index is 12.5. The van der Waals surface area contributed by atoms with Gasteiger partial charge in [0, 0.05) is 32.4 Å². The number of aromatic nitrogens is 2. The van der Waals surface area contributed by atoms with Gasteiger partial charge in [-0.2, -0.15) is 18.3 Å². The Morgan fingerprint density at radius 2 is 1.91 bits per heavy atom. The molecule has 23 heavy (non-hydrogen) atoms. The van der Waals surface area contributed by atoms with E-state index >= 15 is 0 Å². The molecule has 0 bridgehead atoms. The van der Waals surface area contributed by atoms with Crippen LogP contribution in [0.5, 0.6) is 0 Å². The number of carbonyl (C=O) groups is 1. The number of benzene rings is 1. The first-order chi connectivity index (χ1) is 10.8. The second-order valence-corrected chi connectivity index (χ2v) is 5.23. The molecular formula is C15H17F3N4O. The molecule has 0 saturated carbocycles. The van der Waals surface area contributed by atoms with E-state index in [2.05, 4.69) is 10.4 Å². The van der Waals surface area contributed by atoms with E-state index in [1.54, 1.807) is 31.2 Å². The fourth-order valence-electron chi connectivity index (χ4n) is 2.02. The first-order valence-electron chi connectivity index (χ1n) is 6.88. The van der Waals surface area contributed by atoms with Crippen LogP contribution in [0.2, 0.25) is 0 Å². The van der Waals surface area contributed by atoms with Gasteiger partial charge in [-0.3, -0.25) is 4.68 Å². The number of nitrogens with zero attached hydrogens (tertiary/aromatic N) is 3. The SMILES string of the molecule is CN(Cc1cnn(C)c1)C(=O)NCc1ccc(C(F)(F)F)cc1. The van der Waals surface area contributed by atoms with Crippen LogP contribution < -0.4 is 5.32 Å². The van der Waals surface area contributed by atoms with E-state index < -0.39 is 11.7 Å². The van der Waals surface area contributed by atoms with E-state index in [4.69, 9.17) is 0 Å². The molecule has 0 fully saturated rings. The minimum Gasteiger partial charge on any atom is -0.334 e. The summed E-state index contributed by atoms with van der Waals surface area (Å²) in [4.78, 5) is 13.4. The van der Waals surface area contributed by atoms with Crippen LogP contribution in [0.15, 0.2) is 36.7 Å². The topological polar surface area (TPSA) is 50.2 Å². The molecule has 0 aliphatic carbocycles. The van der Waals surface area contributed by atoms with E-state index in [0.29, 0.717) is 12.1 Å². The lowest BCUT2D eigenvalue weighted by Crippen LogP contribution is -2.36. The molecule has 1 heterocycles. The summed E-state index contributed by atoms with van der Waals surface area (Å²) >= 11 is 0. The van der Waals surface area contributed by atoms with Crippen molar-refractivity contribution in [2.24, 2.45) is 7.05 Å². The van der Waals surface area contributed by atoms with Crippen molar-refractivity contribution in [3.8, 4) is 0 Å². The monoisotopic (exact) mass is 326 g/mol. The Hall–Kier alpha value is -2.51. The molecule has 0 atom stereocenters. The van der Waals surface area contributed by atoms with E-state index in [-0.39, 0.29) is 12.6 Å². The number of hydrogen-bond donors (Lipinski definition) is 1. The predicted octanol–water partition coefficient (Wildman–Crippen LogP) is 2.78. The third-order valence-electron chi connectivity index (χ3n) is 3.25. The van der Waals surface area contributed by atoms with E-state index in [9.17, 15) is 18.0 Å². The van der Waals surface area contributed by atoms with Gasteiger partial charge in [0.05, 0.1) is 18.3 Å². The van der Waals surface area contributed by atoms with Crippen LogP contribution in [-0.4, -0.2) is 27.8 Å². The molecular weight excluding hydrogens is 309 g/mol. The van der Waals surface area contributed by atoms with Crippen molar-refractivity contribution in [1.29, 1.82) is 0 Å². The molecule has 2 aromatic rings. The van der Waals surface area contributed by atoms with Crippen molar-refractivity contribution >= 4 is 6.03 Å². The van der Waals surface area contributed by atoms with Gasteiger partial charge in [-0.1, -0.05) is 12.1 Å². The maximum Gasteiger partial charge on any atom is 0.416 e. The van der Waals surface area contributed by atoms with Crippen molar-refractivity contribution in [3.63, 3.8) is 0 Å². The zero-order valence-corrected chi connectivity index (χ0v) is 12.8. The van der Waals surface area contributed by atoms with Gasteiger partial charge in [-0.25, -0.2) is 4.79 Å². The van der Waals surface area contributed by atoms with E-state index in [1.807, 2.05) is 0 Å². The molecule has 0 radical (unpaired) electrons. The molecule has 0 aliphatic heterocycles. The summed E-state index contributed by atoms with van der Waals surface area (Å²) in [6.07, 6.45) is -0.884.